The Morgan fingerprint density at radius 3 is 2.39 bits per heavy atom. The number of halogens is 1. The summed E-state index contributed by atoms with van der Waals surface area (Å²) in [6, 6.07) is 8.01. The first-order valence-corrected chi connectivity index (χ1v) is 5.41. The van der Waals surface area contributed by atoms with E-state index in [2.05, 4.69) is 15.1 Å². The molecule has 0 spiro atoms. The number of benzene rings is 1. The van der Waals surface area contributed by atoms with Gasteiger partial charge in [-0.25, -0.2) is 19.0 Å². The van der Waals surface area contributed by atoms with E-state index in [1.165, 1.54) is 12.1 Å². The van der Waals surface area contributed by atoms with Gasteiger partial charge >= 0.3 is 0 Å². The van der Waals surface area contributed by atoms with Crippen molar-refractivity contribution in [2.75, 3.05) is 0 Å². The zero-order valence-electron chi connectivity index (χ0n) is 9.36. The van der Waals surface area contributed by atoms with Crippen LogP contribution in [-0.4, -0.2) is 19.7 Å². The molecule has 0 aliphatic carbocycles. The van der Waals surface area contributed by atoms with Crippen LogP contribution in [0.1, 0.15) is 0 Å². The third-order valence-electron chi connectivity index (χ3n) is 2.52. The second kappa shape index (κ2) is 4.37. The second-order valence-electron chi connectivity index (χ2n) is 3.73. The largest absolute Gasteiger partial charge is 0.250 e. The highest BCUT2D eigenvalue weighted by atomic mass is 19.1. The van der Waals surface area contributed by atoms with Gasteiger partial charge in [0.25, 0.3) is 0 Å². The van der Waals surface area contributed by atoms with Crippen LogP contribution >= 0.6 is 0 Å². The molecule has 0 radical (unpaired) electrons. The Kier molecular flexibility index (Phi) is 2.57. The first-order valence-electron chi connectivity index (χ1n) is 5.41. The van der Waals surface area contributed by atoms with E-state index in [0.717, 1.165) is 11.1 Å². The predicted octanol–water partition coefficient (Wildman–Crippen LogP) is 2.47. The maximum Gasteiger partial charge on any atom is 0.250 e. The Bertz CT molecular complexity index is 646. The molecular formula is C13H9FN4. The maximum absolute atomic E-state index is 12.8. The lowest BCUT2D eigenvalue weighted by Gasteiger charge is -1.97. The molecule has 0 aliphatic rings. The summed E-state index contributed by atoms with van der Waals surface area (Å²) in [5, 5.41) is 4.18. The summed E-state index contributed by atoms with van der Waals surface area (Å²) < 4.78 is 14.4. The quantitative estimate of drug-likeness (QED) is 0.691. The highest BCUT2D eigenvalue weighted by Crippen LogP contribution is 2.19. The van der Waals surface area contributed by atoms with E-state index in [4.69, 9.17) is 0 Å². The van der Waals surface area contributed by atoms with E-state index in [0.29, 0.717) is 5.95 Å². The number of hydrogen-bond donors (Lipinski definition) is 0. The molecule has 2 heterocycles. The molecule has 0 saturated heterocycles. The standard InChI is InChI=1S/C13H9FN4/c14-12-4-2-10(3-5-12)11-8-17-18(9-11)13-15-6-1-7-16-13/h1-9H. The smallest absolute Gasteiger partial charge is 0.220 e. The first kappa shape index (κ1) is 10.6. The van der Waals surface area contributed by atoms with Crippen molar-refractivity contribution >= 4 is 0 Å². The van der Waals surface area contributed by atoms with Crippen molar-refractivity contribution < 1.29 is 4.39 Å². The van der Waals surface area contributed by atoms with Gasteiger partial charge in [-0.1, -0.05) is 12.1 Å². The van der Waals surface area contributed by atoms with Crippen molar-refractivity contribution in [3.8, 4) is 17.1 Å². The summed E-state index contributed by atoms with van der Waals surface area (Å²) in [4.78, 5) is 8.20. The van der Waals surface area contributed by atoms with Gasteiger partial charge in [0, 0.05) is 24.2 Å². The summed E-state index contributed by atoms with van der Waals surface area (Å²) in [5.41, 5.74) is 1.79. The van der Waals surface area contributed by atoms with Crippen molar-refractivity contribution in [1.29, 1.82) is 0 Å². The molecule has 18 heavy (non-hydrogen) atoms. The second-order valence-corrected chi connectivity index (χ2v) is 3.73. The van der Waals surface area contributed by atoms with Crippen LogP contribution in [0.5, 0.6) is 0 Å². The van der Waals surface area contributed by atoms with E-state index < -0.39 is 0 Å². The van der Waals surface area contributed by atoms with Crippen LogP contribution in [-0.2, 0) is 0 Å². The zero-order chi connectivity index (χ0) is 12.4. The average molecular weight is 240 g/mol. The fourth-order valence-corrected chi connectivity index (χ4v) is 1.63. The van der Waals surface area contributed by atoms with Crippen LogP contribution in [0.25, 0.3) is 17.1 Å². The third kappa shape index (κ3) is 1.98. The van der Waals surface area contributed by atoms with Gasteiger partial charge in [-0.15, -0.1) is 0 Å². The van der Waals surface area contributed by atoms with Gasteiger partial charge < -0.3 is 0 Å². The van der Waals surface area contributed by atoms with Gasteiger partial charge in [-0.3, -0.25) is 0 Å². The molecule has 5 heteroatoms. The lowest BCUT2D eigenvalue weighted by molar-refractivity contribution is 0.628. The molecule has 0 N–H and O–H groups in total. The zero-order valence-corrected chi connectivity index (χ0v) is 9.36. The van der Waals surface area contributed by atoms with Gasteiger partial charge in [0.2, 0.25) is 5.95 Å². The molecule has 4 nitrogen and oxygen atoms in total. The molecule has 88 valence electrons. The number of nitrogens with zero attached hydrogens (tertiary/aromatic N) is 4. The minimum Gasteiger partial charge on any atom is -0.220 e. The molecule has 1 aromatic carbocycles. The lowest BCUT2D eigenvalue weighted by Crippen LogP contribution is -1.99. The van der Waals surface area contributed by atoms with Crippen LogP contribution in [0.2, 0.25) is 0 Å². The van der Waals surface area contributed by atoms with Crippen LogP contribution in [0.15, 0.2) is 55.1 Å². The number of aromatic nitrogens is 4. The molecule has 0 saturated carbocycles. The normalized spacial score (nSPS) is 10.5. The topological polar surface area (TPSA) is 43.6 Å². The highest BCUT2D eigenvalue weighted by Gasteiger charge is 2.04. The van der Waals surface area contributed by atoms with E-state index in [-0.39, 0.29) is 5.82 Å². The minimum absolute atomic E-state index is 0.252. The Hall–Kier alpha value is -2.56. The molecule has 0 aliphatic heterocycles. The Morgan fingerprint density at radius 2 is 1.67 bits per heavy atom. The monoisotopic (exact) mass is 240 g/mol. The molecule has 2 aromatic heterocycles. The van der Waals surface area contributed by atoms with Crippen LogP contribution in [0, 0.1) is 5.82 Å². The van der Waals surface area contributed by atoms with E-state index in [1.54, 1.807) is 41.5 Å². The Balaban J connectivity index is 1.97. The number of hydrogen-bond acceptors (Lipinski definition) is 3. The van der Waals surface area contributed by atoms with Crippen LogP contribution < -0.4 is 0 Å². The predicted molar refractivity (Wildman–Crippen MR) is 64.5 cm³/mol. The van der Waals surface area contributed by atoms with Crippen molar-refractivity contribution in [1.82, 2.24) is 19.7 Å². The van der Waals surface area contributed by atoms with Crippen molar-refractivity contribution in [3.63, 3.8) is 0 Å². The summed E-state index contributed by atoms with van der Waals surface area (Å²) in [6.07, 6.45) is 6.81. The highest BCUT2D eigenvalue weighted by molar-refractivity contribution is 5.61. The van der Waals surface area contributed by atoms with E-state index >= 15 is 0 Å². The lowest BCUT2D eigenvalue weighted by atomic mass is 10.1. The molecule has 0 amide bonds. The minimum atomic E-state index is -0.252. The molecule has 0 fully saturated rings. The van der Waals surface area contributed by atoms with Gasteiger partial charge in [0.1, 0.15) is 5.82 Å². The summed E-state index contributed by atoms with van der Waals surface area (Å²) in [7, 11) is 0. The maximum atomic E-state index is 12.8. The van der Waals surface area contributed by atoms with Crippen molar-refractivity contribution in [2.24, 2.45) is 0 Å². The first-order chi connectivity index (χ1) is 8.83. The Labute approximate surface area is 103 Å². The average Bonchev–Trinajstić information content (AvgIpc) is 2.90. The van der Waals surface area contributed by atoms with Crippen LogP contribution in [0.4, 0.5) is 4.39 Å². The third-order valence-corrected chi connectivity index (χ3v) is 2.52. The Morgan fingerprint density at radius 1 is 0.944 bits per heavy atom. The number of rotatable bonds is 2. The molecule has 3 rings (SSSR count). The van der Waals surface area contributed by atoms with Gasteiger partial charge in [0.05, 0.1) is 6.20 Å². The fraction of sp³-hybridized carbons (Fsp3) is 0. The fourth-order valence-electron chi connectivity index (χ4n) is 1.63. The van der Waals surface area contributed by atoms with Crippen molar-refractivity contribution in [3.05, 3.63) is 60.9 Å². The molecule has 0 atom stereocenters. The SMILES string of the molecule is Fc1ccc(-c2cnn(-c3ncccn3)c2)cc1. The van der Waals surface area contributed by atoms with Crippen molar-refractivity contribution in [2.45, 2.75) is 0 Å². The molecular weight excluding hydrogens is 231 g/mol. The summed E-state index contributed by atoms with van der Waals surface area (Å²) in [6.45, 7) is 0. The van der Waals surface area contributed by atoms with E-state index in [1.807, 2.05) is 6.20 Å². The molecule has 3 aromatic rings. The van der Waals surface area contributed by atoms with Crippen LogP contribution in [0.3, 0.4) is 0 Å². The van der Waals surface area contributed by atoms with Gasteiger partial charge in [-0.05, 0) is 23.8 Å². The van der Waals surface area contributed by atoms with Gasteiger partial charge in [0.15, 0.2) is 0 Å². The summed E-state index contributed by atoms with van der Waals surface area (Å²) >= 11 is 0. The summed E-state index contributed by atoms with van der Waals surface area (Å²) in [5.74, 6) is 0.253. The molecule has 0 unspecified atom stereocenters. The van der Waals surface area contributed by atoms with Gasteiger partial charge in [-0.2, -0.15) is 5.10 Å². The van der Waals surface area contributed by atoms with E-state index in [9.17, 15) is 4.39 Å². The molecule has 0 bridgehead atoms.